The van der Waals surface area contributed by atoms with Gasteiger partial charge >= 0.3 is 0 Å². The molecule has 0 saturated carbocycles. The van der Waals surface area contributed by atoms with Gasteiger partial charge in [0.05, 0.1) is 61.0 Å². The summed E-state index contributed by atoms with van der Waals surface area (Å²) in [6, 6.07) is 24.9. The Morgan fingerprint density at radius 2 is 0.643 bits per heavy atom. The first-order valence-electron chi connectivity index (χ1n) is 20.0. The van der Waals surface area contributed by atoms with Crippen molar-refractivity contribution in [3.05, 3.63) is 145 Å². The van der Waals surface area contributed by atoms with Gasteiger partial charge in [0.2, 0.25) is 5.78 Å². The number of nitrogens with zero attached hydrogens (tertiary/aromatic N) is 5. The standard InChI is InChI=1S/C51H53N5/c1-26-29(4)35(10)47(36(11)30(26)5)53-40-20-15-16-21-41(40)54(48-37(12)31(6)27(2)32(7)38(48)13)44-24-19-25-45-50(44)55(43-23-18-17-22-42(43)53)51-52-46-34(9)28(3)33(8)39(14)49(46)56(45)51/h15-25H,1-14H3. The number of hydrogen-bond acceptors (Lipinski definition) is 1. The molecule has 0 radical (unpaired) electrons. The second-order valence-corrected chi connectivity index (χ2v) is 16.5. The molecule has 0 aliphatic rings. The largest absolute Gasteiger partial charge is 0.306 e. The van der Waals surface area contributed by atoms with Crippen molar-refractivity contribution in [3.8, 4) is 11.4 Å². The summed E-state index contributed by atoms with van der Waals surface area (Å²) in [6.45, 7) is 31.9. The minimum absolute atomic E-state index is 0.923. The Morgan fingerprint density at radius 1 is 0.304 bits per heavy atom. The molecular formula is C51H53N5. The van der Waals surface area contributed by atoms with E-state index in [1.165, 1.54) is 94.8 Å². The lowest BCUT2D eigenvalue weighted by atomic mass is 9.92. The van der Waals surface area contributed by atoms with Crippen molar-refractivity contribution >= 4 is 55.4 Å². The molecule has 9 rings (SSSR count). The van der Waals surface area contributed by atoms with Gasteiger partial charge in [0.1, 0.15) is 0 Å². The highest BCUT2D eigenvalue weighted by atomic mass is 15.2. The smallest absolute Gasteiger partial charge is 0.220 e. The van der Waals surface area contributed by atoms with Crippen molar-refractivity contribution in [1.29, 1.82) is 0 Å². The molecule has 56 heavy (non-hydrogen) atoms. The lowest BCUT2D eigenvalue weighted by Gasteiger charge is -2.25. The molecule has 3 heterocycles. The van der Waals surface area contributed by atoms with Gasteiger partial charge in [-0.2, -0.15) is 0 Å². The zero-order chi connectivity index (χ0) is 39.8. The van der Waals surface area contributed by atoms with Crippen LogP contribution < -0.4 is 0 Å². The molecular weight excluding hydrogens is 683 g/mol. The van der Waals surface area contributed by atoms with Crippen molar-refractivity contribution in [2.75, 3.05) is 0 Å². The average Bonchev–Trinajstić information content (AvgIpc) is 3.76. The van der Waals surface area contributed by atoms with E-state index in [1.54, 1.807) is 0 Å². The SMILES string of the molecule is Cc1c(C)c(C)c(-n2c3ccccc3n(-c3c(C)c(C)c(C)c(C)c3C)c3cccc4c3n(c3ccccc32)c2nc3c(C)c(C)c(C)c(C)c3n42)c(C)c1C. The third-order valence-corrected chi connectivity index (χ3v) is 14.3. The lowest BCUT2D eigenvalue weighted by Crippen LogP contribution is -2.10. The highest BCUT2D eigenvalue weighted by Crippen LogP contribution is 2.40. The Hall–Kier alpha value is -5.81. The number of hydrogen-bond donors (Lipinski definition) is 0. The molecule has 5 nitrogen and oxygen atoms in total. The minimum Gasteiger partial charge on any atom is -0.306 e. The van der Waals surface area contributed by atoms with Crippen molar-refractivity contribution in [1.82, 2.24) is 22.9 Å². The summed E-state index contributed by atoms with van der Waals surface area (Å²) in [4.78, 5) is 5.65. The highest BCUT2D eigenvalue weighted by molar-refractivity contribution is 6.04. The number of imidazole rings is 2. The summed E-state index contributed by atoms with van der Waals surface area (Å²) in [5.74, 6) is 0.923. The third-order valence-electron chi connectivity index (χ3n) is 14.3. The van der Waals surface area contributed by atoms with Gasteiger partial charge in [-0.15, -0.1) is 0 Å². The number of aromatic nitrogens is 5. The molecule has 0 aliphatic carbocycles. The van der Waals surface area contributed by atoms with Crippen LogP contribution >= 0.6 is 0 Å². The maximum atomic E-state index is 5.65. The average molecular weight is 736 g/mol. The van der Waals surface area contributed by atoms with Crippen LogP contribution in [0.25, 0.3) is 66.8 Å². The van der Waals surface area contributed by atoms with E-state index >= 15 is 0 Å². The van der Waals surface area contributed by atoms with E-state index in [9.17, 15) is 0 Å². The molecule has 0 fully saturated rings. The topological polar surface area (TPSA) is 31.6 Å². The Morgan fingerprint density at radius 3 is 1.14 bits per heavy atom. The highest BCUT2D eigenvalue weighted by Gasteiger charge is 2.25. The van der Waals surface area contributed by atoms with Crippen molar-refractivity contribution in [2.24, 2.45) is 0 Å². The third kappa shape index (κ3) is 4.51. The maximum absolute atomic E-state index is 5.65. The molecule has 0 bridgehead atoms. The Kier molecular flexibility index (Phi) is 7.91. The van der Waals surface area contributed by atoms with Crippen LogP contribution in [0.3, 0.4) is 0 Å². The summed E-state index contributed by atoms with van der Waals surface area (Å²) >= 11 is 0. The quantitative estimate of drug-likeness (QED) is 0.174. The summed E-state index contributed by atoms with van der Waals surface area (Å²) in [6.07, 6.45) is 0. The zero-order valence-electron chi connectivity index (χ0n) is 35.6. The predicted octanol–water partition coefficient (Wildman–Crippen LogP) is 13.2. The van der Waals surface area contributed by atoms with Crippen LogP contribution in [0.2, 0.25) is 0 Å². The Labute approximate surface area is 330 Å². The first kappa shape index (κ1) is 35.9. The van der Waals surface area contributed by atoms with Gasteiger partial charge in [0, 0.05) is 0 Å². The fourth-order valence-corrected chi connectivity index (χ4v) is 9.81. The molecule has 0 N–H and O–H groups in total. The zero-order valence-corrected chi connectivity index (χ0v) is 35.6. The van der Waals surface area contributed by atoms with Crippen LogP contribution in [0.15, 0.2) is 66.7 Å². The molecule has 6 aromatic carbocycles. The molecule has 0 saturated heterocycles. The van der Waals surface area contributed by atoms with Gasteiger partial charge in [-0.05, 0) is 211 Å². The van der Waals surface area contributed by atoms with Gasteiger partial charge in [0.15, 0.2) is 0 Å². The van der Waals surface area contributed by atoms with Gasteiger partial charge in [0.25, 0.3) is 0 Å². The number of para-hydroxylation sites is 5. The molecule has 0 amide bonds. The number of fused-ring (bicyclic) bond motifs is 8. The number of aryl methyl sites for hydroxylation is 2. The van der Waals surface area contributed by atoms with Crippen LogP contribution in [0, 0.1) is 96.9 Å². The van der Waals surface area contributed by atoms with Crippen molar-refractivity contribution in [3.63, 3.8) is 0 Å². The van der Waals surface area contributed by atoms with Crippen molar-refractivity contribution < 1.29 is 0 Å². The molecule has 282 valence electrons. The van der Waals surface area contributed by atoms with E-state index in [1.807, 2.05) is 0 Å². The molecule has 0 unspecified atom stereocenters. The summed E-state index contributed by atoms with van der Waals surface area (Å²) in [7, 11) is 0. The van der Waals surface area contributed by atoms with Gasteiger partial charge in [-0.25, -0.2) is 4.98 Å². The molecule has 5 heteroatoms. The maximum Gasteiger partial charge on any atom is 0.220 e. The first-order valence-corrected chi connectivity index (χ1v) is 20.0. The summed E-state index contributed by atoms with van der Waals surface area (Å²) in [5, 5.41) is 0. The molecule has 3 aromatic heterocycles. The van der Waals surface area contributed by atoms with E-state index in [4.69, 9.17) is 4.98 Å². The minimum atomic E-state index is 0.923. The van der Waals surface area contributed by atoms with Gasteiger partial charge in [-0.3, -0.25) is 8.80 Å². The van der Waals surface area contributed by atoms with E-state index in [0.29, 0.717) is 0 Å². The van der Waals surface area contributed by atoms with Gasteiger partial charge < -0.3 is 9.13 Å². The normalized spacial score (nSPS) is 12.1. The number of benzene rings is 6. The van der Waals surface area contributed by atoms with Crippen LogP contribution in [-0.4, -0.2) is 22.9 Å². The van der Waals surface area contributed by atoms with E-state index in [2.05, 4.69) is 182 Å². The van der Waals surface area contributed by atoms with E-state index < -0.39 is 0 Å². The van der Waals surface area contributed by atoms with Crippen LogP contribution in [0.1, 0.15) is 77.9 Å². The monoisotopic (exact) mass is 735 g/mol. The van der Waals surface area contributed by atoms with E-state index in [0.717, 1.165) is 49.9 Å². The van der Waals surface area contributed by atoms with Crippen LogP contribution in [-0.2, 0) is 0 Å². The van der Waals surface area contributed by atoms with E-state index in [-0.39, 0.29) is 0 Å². The Balaban J connectivity index is 1.74. The molecule has 0 atom stereocenters. The fourth-order valence-electron chi connectivity index (χ4n) is 9.81. The van der Waals surface area contributed by atoms with Gasteiger partial charge in [-0.1, -0.05) is 30.3 Å². The summed E-state index contributed by atoms with van der Waals surface area (Å²) in [5.41, 5.74) is 30.9. The second-order valence-electron chi connectivity index (χ2n) is 16.5. The van der Waals surface area contributed by atoms with Crippen molar-refractivity contribution in [2.45, 2.75) is 96.9 Å². The number of rotatable bonds is 2. The predicted molar refractivity (Wildman–Crippen MR) is 239 cm³/mol. The second kappa shape index (κ2) is 12.3. The molecule has 9 aromatic rings. The Bertz CT molecular complexity index is 3220. The lowest BCUT2D eigenvalue weighted by molar-refractivity contribution is 1.04. The first-order chi connectivity index (χ1) is 26.7. The molecule has 0 spiro atoms. The summed E-state index contributed by atoms with van der Waals surface area (Å²) < 4.78 is 10.0. The van der Waals surface area contributed by atoms with Crippen LogP contribution in [0.4, 0.5) is 0 Å². The molecule has 0 aliphatic heterocycles. The van der Waals surface area contributed by atoms with Crippen LogP contribution in [0.5, 0.6) is 0 Å². The fraction of sp³-hybridized carbons (Fsp3) is 0.275.